The molecule has 6 heteroatoms. The van der Waals surface area contributed by atoms with Crippen LogP contribution in [0, 0.1) is 5.82 Å². The average Bonchev–Trinajstić information content (AvgIpc) is 3.26. The number of ether oxygens (including phenoxy) is 3. The van der Waals surface area contributed by atoms with Gasteiger partial charge in [-0.2, -0.15) is 0 Å². The number of carbonyl (C=O) groups is 1. The van der Waals surface area contributed by atoms with Gasteiger partial charge in [0.15, 0.2) is 0 Å². The molecule has 0 saturated carbocycles. The van der Waals surface area contributed by atoms with Crippen LogP contribution in [-0.4, -0.2) is 37.1 Å². The first-order valence-corrected chi connectivity index (χ1v) is 7.91. The minimum absolute atomic E-state index is 0.0849. The van der Waals surface area contributed by atoms with E-state index in [0.717, 1.165) is 0 Å². The number of nitrogens with one attached hydrogen (secondary N) is 1. The maximum atomic E-state index is 13.8. The second-order valence-corrected chi connectivity index (χ2v) is 6.72. The Balaban J connectivity index is 2.03. The molecule has 1 N–H and O–H groups in total. The van der Waals surface area contributed by atoms with Crippen molar-refractivity contribution in [3.8, 4) is 5.75 Å². The first-order valence-electron chi connectivity index (χ1n) is 7.91. The Hall–Kier alpha value is -2.08. The van der Waals surface area contributed by atoms with Crippen molar-refractivity contribution in [2.45, 2.75) is 44.9 Å². The monoisotopic (exact) mass is 337 g/mol. The van der Waals surface area contributed by atoms with Crippen LogP contribution in [0.1, 0.15) is 26.3 Å². The summed E-state index contributed by atoms with van der Waals surface area (Å²) in [6, 6.07) is 4.21. The Labute approximate surface area is 141 Å². The van der Waals surface area contributed by atoms with Gasteiger partial charge < -0.3 is 19.5 Å². The van der Waals surface area contributed by atoms with Gasteiger partial charge in [-0.25, -0.2) is 9.18 Å². The molecular formula is C18H24FNO4. The predicted molar refractivity (Wildman–Crippen MR) is 88.7 cm³/mol. The number of amides is 1. The number of benzene rings is 1. The first kappa shape index (κ1) is 18.3. The second-order valence-electron chi connectivity index (χ2n) is 6.72. The van der Waals surface area contributed by atoms with E-state index in [2.05, 4.69) is 11.9 Å². The van der Waals surface area contributed by atoms with Gasteiger partial charge in [0.25, 0.3) is 0 Å². The van der Waals surface area contributed by atoms with Crippen molar-refractivity contribution in [3.05, 3.63) is 42.2 Å². The Morgan fingerprint density at radius 3 is 2.79 bits per heavy atom. The van der Waals surface area contributed by atoms with E-state index in [9.17, 15) is 9.18 Å². The molecule has 2 atom stereocenters. The molecule has 132 valence electrons. The second kappa shape index (κ2) is 7.66. The maximum Gasteiger partial charge on any atom is 0.407 e. The lowest BCUT2D eigenvalue weighted by Crippen LogP contribution is -2.43. The summed E-state index contributed by atoms with van der Waals surface area (Å²) in [5.41, 5.74) is 0.134. The Kier molecular flexibility index (Phi) is 5.83. The summed E-state index contributed by atoms with van der Waals surface area (Å²) in [7, 11) is 0. The zero-order chi connectivity index (χ0) is 17.7. The highest BCUT2D eigenvalue weighted by Gasteiger charge is 2.35. The standard InChI is InChI=1S/C18H24FNO4/c1-5-6-22-14-8-12(7-13(19)10-14)9-15(16-11-23-16)20-17(21)24-18(2,3)4/h5,7-8,10,15-16H,1,6,9,11H2,2-4H3,(H,20,21). The van der Waals surface area contributed by atoms with Gasteiger partial charge in [-0.05, 0) is 44.9 Å². The fourth-order valence-electron chi connectivity index (χ4n) is 2.25. The molecule has 0 radical (unpaired) electrons. The quantitative estimate of drug-likeness (QED) is 0.613. The summed E-state index contributed by atoms with van der Waals surface area (Å²) in [4.78, 5) is 12.0. The van der Waals surface area contributed by atoms with Crippen molar-refractivity contribution < 1.29 is 23.4 Å². The third-order valence-corrected chi connectivity index (χ3v) is 3.26. The Bertz CT molecular complexity index is 593. The molecule has 1 heterocycles. The molecule has 5 nitrogen and oxygen atoms in total. The highest BCUT2D eigenvalue weighted by Crippen LogP contribution is 2.22. The fraction of sp³-hybridized carbons (Fsp3) is 0.500. The van der Waals surface area contributed by atoms with Gasteiger partial charge in [-0.15, -0.1) is 0 Å². The molecule has 1 aromatic rings. The smallest absolute Gasteiger partial charge is 0.407 e. The summed E-state index contributed by atoms with van der Waals surface area (Å²) >= 11 is 0. The van der Waals surface area contributed by atoms with Gasteiger partial charge in [-0.1, -0.05) is 12.7 Å². The number of hydrogen-bond acceptors (Lipinski definition) is 4. The molecule has 1 aromatic carbocycles. The summed E-state index contributed by atoms with van der Waals surface area (Å²) < 4.78 is 29.7. The van der Waals surface area contributed by atoms with Crippen molar-refractivity contribution in [1.29, 1.82) is 0 Å². The molecular weight excluding hydrogens is 313 g/mol. The SMILES string of the molecule is C=CCOc1cc(F)cc(CC(NC(=O)OC(C)(C)C)C2CO2)c1. The van der Waals surface area contributed by atoms with Crippen LogP contribution in [0.5, 0.6) is 5.75 Å². The Morgan fingerprint density at radius 1 is 1.50 bits per heavy atom. The van der Waals surface area contributed by atoms with E-state index >= 15 is 0 Å². The average molecular weight is 337 g/mol. The lowest BCUT2D eigenvalue weighted by Gasteiger charge is -2.23. The van der Waals surface area contributed by atoms with Gasteiger partial charge in [0.05, 0.1) is 12.6 Å². The molecule has 1 amide bonds. The van der Waals surface area contributed by atoms with E-state index in [4.69, 9.17) is 14.2 Å². The lowest BCUT2D eigenvalue weighted by molar-refractivity contribution is 0.0495. The van der Waals surface area contributed by atoms with Gasteiger partial charge in [-0.3, -0.25) is 0 Å². The molecule has 0 aromatic heterocycles. The lowest BCUT2D eigenvalue weighted by atomic mass is 10.0. The molecule has 0 aliphatic carbocycles. The van der Waals surface area contributed by atoms with E-state index in [-0.39, 0.29) is 18.0 Å². The zero-order valence-corrected chi connectivity index (χ0v) is 14.3. The number of rotatable bonds is 7. The molecule has 0 bridgehead atoms. The Morgan fingerprint density at radius 2 is 2.21 bits per heavy atom. The van der Waals surface area contributed by atoms with Crippen LogP contribution >= 0.6 is 0 Å². The van der Waals surface area contributed by atoms with Gasteiger partial charge in [0.1, 0.15) is 29.9 Å². The van der Waals surface area contributed by atoms with Gasteiger partial charge in [0, 0.05) is 6.07 Å². The van der Waals surface area contributed by atoms with E-state index in [1.54, 1.807) is 32.9 Å². The van der Waals surface area contributed by atoms with E-state index in [1.165, 1.54) is 12.1 Å². The first-order chi connectivity index (χ1) is 11.3. The van der Waals surface area contributed by atoms with Crippen molar-refractivity contribution >= 4 is 6.09 Å². The summed E-state index contributed by atoms with van der Waals surface area (Å²) in [6.07, 6.45) is 1.42. The molecule has 2 unspecified atom stereocenters. The van der Waals surface area contributed by atoms with Crippen LogP contribution in [-0.2, 0) is 15.9 Å². The summed E-state index contributed by atoms with van der Waals surface area (Å²) in [6.45, 7) is 9.82. The van der Waals surface area contributed by atoms with Crippen LogP contribution in [0.25, 0.3) is 0 Å². The molecule has 1 fully saturated rings. The molecule has 1 aliphatic heterocycles. The normalized spacial score (nSPS) is 17.8. The van der Waals surface area contributed by atoms with Crippen molar-refractivity contribution in [2.75, 3.05) is 13.2 Å². The third kappa shape index (κ3) is 6.20. The minimum Gasteiger partial charge on any atom is -0.489 e. The molecule has 24 heavy (non-hydrogen) atoms. The van der Waals surface area contributed by atoms with Gasteiger partial charge in [0.2, 0.25) is 0 Å². The topological polar surface area (TPSA) is 60.1 Å². The largest absolute Gasteiger partial charge is 0.489 e. The van der Waals surface area contributed by atoms with Gasteiger partial charge >= 0.3 is 6.09 Å². The van der Waals surface area contributed by atoms with E-state index < -0.39 is 11.7 Å². The molecule has 0 spiro atoms. The number of epoxide rings is 1. The highest BCUT2D eigenvalue weighted by molar-refractivity contribution is 5.68. The molecule has 2 rings (SSSR count). The zero-order valence-electron chi connectivity index (χ0n) is 14.3. The van der Waals surface area contributed by atoms with E-state index in [1.807, 2.05) is 0 Å². The number of halogens is 1. The molecule has 1 aliphatic rings. The van der Waals surface area contributed by atoms with E-state index in [0.29, 0.717) is 30.9 Å². The van der Waals surface area contributed by atoms with Crippen LogP contribution in [0.4, 0.5) is 9.18 Å². The summed E-state index contributed by atoms with van der Waals surface area (Å²) in [5.74, 6) is 0.0388. The van der Waals surface area contributed by atoms with Crippen LogP contribution in [0.2, 0.25) is 0 Å². The number of hydrogen-bond donors (Lipinski definition) is 1. The maximum absolute atomic E-state index is 13.8. The number of carbonyl (C=O) groups excluding carboxylic acids is 1. The van der Waals surface area contributed by atoms with Crippen LogP contribution < -0.4 is 10.1 Å². The fourth-order valence-corrected chi connectivity index (χ4v) is 2.25. The van der Waals surface area contributed by atoms with Crippen LogP contribution in [0.15, 0.2) is 30.9 Å². The van der Waals surface area contributed by atoms with Crippen LogP contribution in [0.3, 0.4) is 0 Å². The van der Waals surface area contributed by atoms with Crippen molar-refractivity contribution in [3.63, 3.8) is 0 Å². The van der Waals surface area contributed by atoms with Crippen molar-refractivity contribution in [1.82, 2.24) is 5.32 Å². The third-order valence-electron chi connectivity index (χ3n) is 3.26. The summed E-state index contributed by atoms with van der Waals surface area (Å²) in [5, 5.41) is 2.80. The molecule has 1 saturated heterocycles. The minimum atomic E-state index is -0.580. The van der Waals surface area contributed by atoms with Crippen molar-refractivity contribution in [2.24, 2.45) is 0 Å². The number of alkyl carbamates (subject to hydrolysis) is 1. The predicted octanol–water partition coefficient (Wildman–Crippen LogP) is 3.23. The highest BCUT2D eigenvalue weighted by atomic mass is 19.1.